The lowest BCUT2D eigenvalue weighted by atomic mass is 10.1. The van der Waals surface area contributed by atoms with Crippen molar-refractivity contribution >= 4 is 38.7 Å². The molecular formula is C14H15BrN2O3. The Balaban J connectivity index is 2.02. The summed E-state index contributed by atoms with van der Waals surface area (Å²) in [5.41, 5.74) is 1.35. The van der Waals surface area contributed by atoms with E-state index < -0.39 is 5.97 Å². The number of H-pyrrole nitrogens is 1. The second-order valence-corrected chi connectivity index (χ2v) is 5.74. The van der Waals surface area contributed by atoms with Gasteiger partial charge in [0.1, 0.15) is 5.69 Å². The molecule has 0 bridgehead atoms. The van der Waals surface area contributed by atoms with Crippen LogP contribution in [0.3, 0.4) is 0 Å². The zero-order valence-corrected chi connectivity index (χ0v) is 12.5. The lowest BCUT2D eigenvalue weighted by Gasteiger charge is -2.09. The van der Waals surface area contributed by atoms with E-state index in [-0.39, 0.29) is 18.2 Å². The van der Waals surface area contributed by atoms with Crippen molar-refractivity contribution in [2.45, 2.75) is 13.3 Å². The highest BCUT2D eigenvalue weighted by Crippen LogP contribution is 2.20. The molecule has 5 nitrogen and oxygen atoms in total. The third-order valence-corrected chi connectivity index (χ3v) is 3.46. The molecule has 1 amide bonds. The molecule has 1 atom stereocenters. The number of rotatable bonds is 5. The minimum atomic E-state index is -0.859. The summed E-state index contributed by atoms with van der Waals surface area (Å²) in [5.74, 6) is -1.19. The lowest BCUT2D eigenvalue weighted by molar-refractivity contribution is -0.137. The van der Waals surface area contributed by atoms with Crippen LogP contribution in [0.1, 0.15) is 23.8 Å². The summed E-state index contributed by atoms with van der Waals surface area (Å²) in [6, 6.07) is 7.50. The number of amides is 1. The third kappa shape index (κ3) is 3.60. The van der Waals surface area contributed by atoms with Crippen molar-refractivity contribution in [2.24, 2.45) is 5.92 Å². The number of aromatic nitrogens is 1. The molecule has 2 rings (SSSR count). The minimum absolute atomic E-state index is 0.0416. The predicted molar refractivity (Wildman–Crippen MR) is 79.7 cm³/mol. The molecule has 1 unspecified atom stereocenters. The van der Waals surface area contributed by atoms with Gasteiger partial charge in [-0.05, 0) is 24.1 Å². The Morgan fingerprint density at radius 1 is 1.40 bits per heavy atom. The topological polar surface area (TPSA) is 82.2 Å². The van der Waals surface area contributed by atoms with Gasteiger partial charge >= 0.3 is 5.97 Å². The first kappa shape index (κ1) is 14.6. The van der Waals surface area contributed by atoms with Crippen molar-refractivity contribution in [3.05, 3.63) is 34.4 Å². The Morgan fingerprint density at radius 2 is 2.15 bits per heavy atom. The molecule has 0 spiro atoms. The van der Waals surface area contributed by atoms with Gasteiger partial charge in [0.25, 0.3) is 5.91 Å². The molecule has 0 aliphatic rings. The summed E-state index contributed by atoms with van der Waals surface area (Å²) in [5, 5.41) is 12.4. The highest BCUT2D eigenvalue weighted by molar-refractivity contribution is 9.10. The summed E-state index contributed by atoms with van der Waals surface area (Å²) >= 11 is 3.38. The van der Waals surface area contributed by atoms with E-state index in [9.17, 15) is 9.59 Å². The molecule has 0 radical (unpaired) electrons. The SMILES string of the molecule is CC(CNC(=O)c1cc2ccc(Br)cc2[nH]1)CC(=O)O. The molecule has 20 heavy (non-hydrogen) atoms. The number of benzene rings is 1. The average molecular weight is 339 g/mol. The summed E-state index contributed by atoms with van der Waals surface area (Å²) in [4.78, 5) is 25.6. The molecular weight excluding hydrogens is 324 g/mol. The molecule has 1 aromatic carbocycles. The number of halogens is 1. The largest absolute Gasteiger partial charge is 0.481 e. The number of carbonyl (C=O) groups excluding carboxylic acids is 1. The van der Waals surface area contributed by atoms with Crippen molar-refractivity contribution in [3.8, 4) is 0 Å². The first-order chi connectivity index (χ1) is 9.45. The molecule has 6 heteroatoms. The highest BCUT2D eigenvalue weighted by Gasteiger charge is 2.12. The van der Waals surface area contributed by atoms with E-state index in [1.54, 1.807) is 13.0 Å². The van der Waals surface area contributed by atoms with Crippen LogP contribution in [-0.2, 0) is 4.79 Å². The fourth-order valence-electron chi connectivity index (χ4n) is 1.95. The highest BCUT2D eigenvalue weighted by atomic mass is 79.9. The Morgan fingerprint density at radius 3 is 2.85 bits per heavy atom. The Kier molecular flexibility index (Phi) is 4.44. The van der Waals surface area contributed by atoms with Gasteiger partial charge in [-0.2, -0.15) is 0 Å². The van der Waals surface area contributed by atoms with Crippen molar-refractivity contribution in [1.82, 2.24) is 10.3 Å². The van der Waals surface area contributed by atoms with E-state index >= 15 is 0 Å². The monoisotopic (exact) mass is 338 g/mol. The number of carboxylic acids is 1. The van der Waals surface area contributed by atoms with Gasteiger partial charge in [-0.1, -0.05) is 28.9 Å². The molecule has 3 N–H and O–H groups in total. The maximum atomic E-state index is 12.0. The number of carbonyl (C=O) groups is 2. The van der Waals surface area contributed by atoms with Crippen LogP contribution >= 0.6 is 15.9 Å². The van der Waals surface area contributed by atoms with Gasteiger partial charge in [0.15, 0.2) is 0 Å². The summed E-state index contributed by atoms with van der Waals surface area (Å²) in [6.07, 6.45) is 0.0416. The van der Waals surface area contributed by atoms with Crippen molar-refractivity contribution in [2.75, 3.05) is 6.54 Å². The molecule has 1 aromatic heterocycles. The van der Waals surface area contributed by atoms with Gasteiger partial charge in [0.2, 0.25) is 0 Å². The van der Waals surface area contributed by atoms with Gasteiger partial charge in [-0.15, -0.1) is 0 Å². The fraction of sp³-hybridized carbons (Fsp3) is 0.286. The van der Waals surface area contributed by atoms with Crippen LogP contribution in [0, 0.1) is 5.92 Å². The molecule has 1 heterocycles. The Labute approximate surface area is 124 Å². The molecule has 0 fully saturated rings. The number of aromatic amines is 1. The summed E-state index contributed by atoms with van der Waals surface area (Å²) in [7, 11) is 0. The van der Waals surface area contributed by atoms with Crippen LogP contribution in [0.15, 0.2) is 28.7 Å². The standard InChI is InChI=1S/C14H15BrN2O3/c1-8(4-13(18)19)7-16-14(20)12-5-9-2-3-10(15)6-11(9)17-12/h2-3,5-6,8,17H,4,7H2,1H3,(H,16,20)(H,18,19). The van der Waals surface area contributed by atoms with E-state index in [1.165, 1.54) is 0 Å². The smallest absolute Gasteiger partial charge is 0.303 e. The Hall–Kier alpha value is -1.82. The van der Waals surface area contributed by atoms with E-state index in [0.717, 1.165) is 15.4 Å². The van der Waals surface area contributed by atoms with Crippen LogP contribution in [0.25, 0.3) is 10.9 Å². The van der Waals surface area contributed by atoms with Crippen molar-refractivity contribution < 1.29 is 14.7 Å². The first-order valence-electron chi connectivity index (χ1n) is 6.24. The predicted octanol–water partition coefficient (Wildman–Crippen LogP) is 2.77. The molecule has 106 valence electrons. The number of hydrogen-bond donors (Lipinski definition) is 3. The first-order valence-corrected chi connectivity index (χ1v) is 7.03. The molecule has 0 aliphatic carbocycles. The van der Waals surface area contributed by atoms with Crippen molar-refractivity contribution in [1.29, 1.82) is 0 Å². The van der Waals surface area contributed by atoms with Crippen molar-refractivity contribution in [3.63, 3.8) is 0 Å². The van der Waals surface area contributed by atoms with Gasteiger partial charge < -0.3 is 15.4 Å². The van der Waals surface area contributed by atoms with E-state index in [4.69, 9.17) is 5.11 Å². The van der Waals surface area contributed by atoms with Gasteiger partial charge in [-0.3, -0.25) is 9.59 Å². The zero-order chi connectivity index (χ0) is 14.7. The lowest BCUT2D eigenvalue weighted by Crippen LogP contribution is -2.29. The van der Waals surface area contributed by atoms with E-state index in [2.05, 4.69) is 26.2 Å². The quantitative estimate of drug-likeness (QED) is 0.783. The summed E-state index contributed by atoms with van der Waals surface area (Å²) in [6.45, 7) is 2.13. The van der Waals surface area contributed by atoms with Gasteiger partial charge in [-0.25, -0.2) is 0 Å². The van der Waals surface area contributed by atoms with Crippen LogP contribution in [0.4, 0.5) is 0 Å². The van der Waals surface area contributed by atoms with E-state index in [0.29, 0.717) is 12.2 Å². The zero-order valence-electron chi connectivity index (χ0n) is 10.9. The van der Waals surface area contributed by atoms with Crippen LogP contribution < -0.4 is 5.32 Å². The molecule has 0 saturated carbocycles. The molecule has 0 saturated heterocycles. The normalized spacial score (nSPS) is 12.3. The third-order valence-electron chi connectivity index (χ3n) is 2.96. The van der Waals surface area contributed by atoms with Gasteiger partial charge in [0, 0.05) is 28.3 Å². The van der Waals surface area contributed by atoms with Crippen LogP contribution in [0.2, 0.25) is 0 Å². The second-order valence-electron chi connectivity index (χ2n) is 4.83. The maximum absolute atomic E-state index is 12.0. The number of carboxylic acid groups (broad SMARTS) is 1. The molecule has 0 aliphatic heterocycles. The minimum Gasteiger partial charge on any atom is -0.481 e. The number of hydrogen-bond acceptors (Lipinski definition) is 2. The maximum Gasteiger partial charge on any atom is 0.303 e. The number of nitrogens with one attached hydrogen (secondary N) is 2. The average Bonchev–Trinajstić information content (AvgIpc) is 2.78. The molecule has 2 aromatic rings. The van der Waals surface area contributed by atoms with Gasteiger partial charge in [0.05, 0.1) is 0 Å². The number of fused-ring (bicyclic) bond motifs is 1. The van der Waals surface area contributed by atoms with E-state index in [1.807, 2.05) is 18.2 Å². The summed E-state index contributed by atoms with van der Waals surface area (Å²) < 4.78 is 0.939. The number of aliphatic carboxylic acids is 1. The van der Waals surface area contributed by atoms with Crippen LogP contribution in [-0.4, -0.2) is 28.5 Å². The second kappa shape index (κ2) is 6.09. The van der Waals surface area contributed by atoms with Crippen LogP contribution in [0.5, 0.6) is 0 Å². The Bertz CT molecular complexity index is 651. The fourth-order valence-corrected chi connectivity index (χ4v) is 2.32.